The molecule has 2 aromatic rings. The molecule has 1 heterocycles. The van der Waals surface area contributed by atoms with Crippen LogP contribution in [0.25, 0.3) is 11.0 Å². The Hall–Kier alpha value is -1.89. The minimum absolute atomic E-state index is 0.250. The molecule has 0 N–H and O–H groups in total. The lowest BCUT2D eigenvalue weighted by Crippen LogP contribution is -1.97. The number of hydrogen-bond acceptors (Lipinski definition) is 3. The van der Waals surface area contributed by atoms with Crippen LogP contribution in [0.3, 0.4) is 0 Å². The second-order valence-electron chi connectivity index (χ2n) is 2.90. The van der Waals surface area contributed by atoms with E-state index >= 15 is 0 Å². The quantitative estimate of drug-likeness (QED) is 0.650. The second-order valence-corrected chi connectivity index (χ2v) is 2.90. The fourth-order valence-electron chi connectivity index (χ4n) is 1.27. The topological polar surface area (TPSA) is 54.5 Å². The Kier molecular flexibility index (Phi) is 1.71. The van der Waals surface area contributed by atoms with E-state index in [0.29, 0.717) is 0 Å². The molecule has 0 amide bonds. The average Bonchev–Trinajstić information content (AvgIpc) is 2.49. The highest BCUT2D eigenvalue weighted by Gasteiger charge is 2.02. The molecule has 1 aromatic heterocycles. The van der Waals surface area contributed by atoms with E-state index < -0.39 is 0 Å². The maximum atomic E-state index is 8.51. The van der Waals surface area contributed by atoms with Crippen molar-refractivity contribution >= 4 is 11.0 Å². The molecular weight excluding hydrogens is 164 g/mol. The number of fused-ring (bicyclic) bond motifs is 1. The van der Waals surface area contributed by atoms with Crippen LogP contribution < -0.4 is 0 Å². The number of benzene rings is 1. The van der Waals surface area contributed by atoms with Crippen molar-refractivity contribution in [1.29, 1.82) is 5.26 Å². The Balaban J connectivity index is 2.63. The standard InChI is InChI=1S/C9H8N4/c1-7-2-3-9-8(6-7)11-12-13(9)5-4-10/h2-3,6H,5H2,1H3. The van der Waals surface area contributed by atoms with Crippen molar-refractivity contribution in [2.75, 3.05) is 0 Å². The first-order valence-corrected chi connectivity index (χ1v) is 3.98. The highest BCUT2D eigenvalue weighted by molar-refractivity contribution is 5.74. The van der Waals surface area contributed by atoms with E-state index in [2.05, 4.69) is 10.3 Å². The number of aromatic nitrogens is 3. The van der Waals surface area contributed by atoms with Gasteiger partial charge in [-0.2, -0.15) is 5.26 Å². The third kappa shape index (κ3) is 1.25. The van der Waals surface area contributed by atoms with E-state index in [1.807, 2.05) is 31.2 Å². The van der Waals surface area contributed by atoms with Gasteiger partial charge >= 0.3 is 0 Å². The Morgan fingerprint density at radius 2 is 2.38 bits per heavy atom. The monoisotopic (exact) mass is 172 g/mol. The molecule has 0 saturated heterocycles. The predicted molar refractivity (Wildman–Crippen MR) is 47.9 cm³/mol. The van der Waals surface area contributed by atoms with Crippen molar-refractivity contribution in [2.45, 2.75) is 13.5 Å². The highest BCUT2D eigenvalue weighted by atomic mass is 15.4. The lowest BCUT2D eigenvalue weighted by Gasteiger charge is -1.94. The van der Waals surface area contributed by atoms with Gasteiger partial charge in [-0.05, 0) is 24.6 Å². The van der Waals surface area contributed by atoms with Crippen molar-refractivity contribution in [3.05, 3.63) is 23.8 Å². The average molecular weight is 172 g/mol. The van der Waals surface area contributed by atoms with Crippen LogP contribution in [0.1, 0.15) is 5.56 Å². The Morgan fingerprint density at radius 1 is 1.54 bits per heavy atom. The SMILES string of the molecule is Cc1ccc2c(c1)nnn2CC#N. The van der Waals surface area contributed by atoms with Crippen LogP contribution in [0, 0.1) is 18.3 Å². The van der Waals surface area contributed by atoms with E-state index in [-0.39, 0.29) is 6.54 Å². The zero-order valence-corrected chi connectivity index (χ0v) is 7.23. The van der Waals surface area contributed by atoms with E-state index in [4.69, 9.17) is 5.26 Å². The molecule has 0 radical (unpaired) electrons. The molecule has 0 atom stereocenters. The van der Waals surface area contributed by atoms with Crippen molar-refractivity contribution in [3.8, 4) is 6.07 Å². The minimum atomic E-state index is 0.250. The summed E-state index contributed by atoms with van der Waals surface area (Å²) >= 11 is 0. The molecule has 4 heteroatoms. The summed E-state index contributed by atoms with van der Waals surface area (Å²) in [4.78, 5) is 0. The summed E-state index contributed by atoms with van der Waals surface area (Å²) in [5, 5.41) is 16.3. The predicted octanol–water partition coefficient (Wildman–Crippen LogP) is 1.26. The number of nitrogens with zero attached hydrogens (tertiary/aromatic N) is 4. The fourth-order valence-corrected chi connectivity index (χ4v) is 1.27. The van der Waals surface area contributed by atoms with Crippen LogP contribution in [0.5, 0.6) is 0 Å². The summed E-state index contributed by atoms with van der Waals surface area (Å²) in [7, 11) is 0. The minimum Gasteiger partial charge on any atom is -0.230 e. The maximum Gasteiger partial charge on any atom is 0.130 e. The van der Waals surface area contributed by atoms with Crippen molar-refractivity contribution in [2.24, 2.45) is 0 Å². The van der Waals surface area contributed by atoms with Crippen LogP contribution in [-0.2, 0) is 6.54 Å². The molecule has 13 heavy (non-hydrogen) atoms. The molecule has 0 saturated carbocycles. The summed E-state index contributed by atoms with van der Waals surface area (Å²) in [6.07, 6.45) is 0. The molecule has 2 rings (SSSR count). The summed E-state index contributed by atoms with van der Waals surface area (Å²) < 4.78 is 1.59. The zero-order valence-electron chi connectivity index (χ0n) is 7.23. The first-order valence-electron chi connectivity index (χ1n) is 3.98. The third-order valence-electron chi connectivity index (χ3n) is 1.89. The van der Waals surface area contributed by atoms with E-state index in [9.17, 15) is 0 Å². The number of aryl methyl sites for hydroxylation is 1. The summed E-state index contributed by atoms with van der Waals surface area (Å²) in [6, 6.07) is 7.91. The van der Waals surface area contributed by atoms with Crippen LogP contribution in [0.4, 0.5) is 0 Å². The van der Waals surface area contributed by atoms with Gasteiger partial charge in [0.2, 0.25) is 0 Å². The summed E-state index contributed by atoms with van der Waals surface area (Å²) in [6.45, 7) is 2.25. The number of hydrogen-bond donors (Lipinski definition) is 0. The normalized spacial score (nSPS) is 10.2. The first-order chi connectivity index (χ1) is 6.31. The van der Waals surface area contributed by atoms with Crippen LogP contribution in [0.15, 0.2) is 18.2 Å². The van der Waals surface area contributed by atoms with Crippen molar-refractivity contribution < 1.29 is 0 Å². The van der Waals surface area contributed by atoms with Gasteiger partial charge in [-0.15, -0.1) is 5.10 Å². The van der Waals surface area contributed by atoms with Gasteiger partial charge in [0.05, 0.1) is 11.6 Å². The molecule has 64 valence electrons. The van der Waals surface area contributed by atoms with Crippen molar-refractivity contribution in [1.82, 2.24) is 15.0 Å². The molecule has 0 fully saturated rings. The molecule has 0 bridgehead atoms. The maximum absolute atomic E-state index is 8.51. The summed E-state index contributed by atoms with van der Waals surface area (Å²) in [5.74, 6) is 0. The van der Waals surface area contributed by atoms with E-state index in [1.54, 1.807) is 4.68 Å². The van der Waals surface area contributed by atoms with Crippen LogP contribution in [-0.4, -0.2) is 15.0 Å². The smallest absolute Gasteiger partial charge is 0.130 e. The van der Waals surface area contributed by atoms with Gasteiger partial charge in [-0.25, -0.2) is 4.68 Å². The lowest BCUT2D eigenvalue weighted by molar-refractivity contribution is 0.689. The molecule has 1 aromatic carbocycles. The van der Waals surface area contributed by atoms with Gasteiger partial charge < -0.3 is 0 Å². The van der Waals surface area contributed by atoms with E-state index in [1.165, 1.54) is 0 Å². The van der Waals surface area contributed by atoms with Gasteiger partial charge in [0.1, 0.15) is 12.1 Å². The number of nitriles is 1. The van der Waals surface area contributed by atoms with Gasteiger partial charge in [-0.1, -0.05) is 11.3 Å². The van der Waals surface area contributed by atoms with Gasteiger partial charge in [0.15, 0.2) is 0 Å². The molecule has 0 aliphatic rings. The van der Waals surface area contributed by atoms with Crippen LogP contribution >= 0.6 is 0 Å². The Labute approximate surface area is 75.4 Å². The molecule has 0 aliphatic heterocycles. The van der Waals surface area contributed by atoms with Gasteiger partial charge in [0, 0.05) is 0 Å². The molecule has 0 aliphatic carbocycles. The molecular formula is C9H8N4. The largest absolute Gasteiger partial charge is 0.230 e. The van der Waals surface area contributed by atoms with Crippen molar-refractivity contribution in [3.63, 3.8) is 0 Å². The summed E-state index contributed by atoms with van der Waals surface area (Å²) in [5.41, 5.74) is 2.90. The second kappa shape index (κ2) is 2.87. The number of rotatable bonds is 1. The Bertz CT molecular complexity index is 478. The zero-order chi connectivity index (χ0) is 9.26. The molecule has 0 unspecified atom stereocenters. The van der Waals surface area contributed by atoms with Gasteiger partial charge in [-0.3, -0.25) is 0 Å². The van der Waals surface area contributed by atoms with Crippen LogP contribution in [0.2, 0.25) is 0 Å². The highest BCUT2D eigenvalue weighted by Crippen LogP contribution is 2.12. The third-order valence-corrected chi connectivity index (χ3v) is 1.89. The first kappa shape index (κ1) is 7.74. The lowest BCUT2D eigenvalue weighted by atomic mass is 10.2. The molecule has 4 nitrogen and oxygen atoms in total. The fraction of sp³-hybridized carbons (Fsp3) is 0.222. The van der Waals surface area contributed by atoms with E-state index in [0.717, 1.165) is 16.6 Å². The van der Waals surface area contributed by atoms with Gasteiger partial charge in [0.25, 0.3) is 0 Å². The molecule has 0 spiro atoms. The Morgan fingerprint density at radius 3 is 3.15 bits per heavy atom.